The van der Waals surface area contributed by atoms with Crippen LogP contribution in [0.15, 0.2) is 0 Å². The Labute approximate surface area is 85.7 Å². The second-order valence-electron chi connectivity index (χ2n) is 1.58. The summed E-state index contributed by atoms with van der Waals surface area (Å²) in [6.07, 6.45) is 0. The van der Waals surface area contributed by atoms with E-state index >= 15 is 0 Å². The fraction of sp³-hybridized carbons (Fsp3) is 0.714. The SMILES string of the molecule is CC#N.CC#N.CO[Si](O)(OC)OC. The summed E-state index contributed by atoms with van der Waals surface area (Å²) in [4.78, 5) is 8.91. The predicted molar refractivity (Wildman–Crippen MR) is 51.6 cm³/mol. The summed E-state index contributed by atoms with van der Waals surface area (Å²) in [5, 5.41) is 14.6. The van der Waals surface area contributed by atoms with E-state index in [4.69, 9.17) is 15.3 Å². The Bertz CT molecular complexity index is 163. The van der Waals surface area contributed by atoms with Gasteiger partial charge in [0.2, 0.25) is 0 Å². The fourth-order valence-electron chi connectivity index (χ4n) is 0.250. The standard InChI is InChI=1S/C3H10O4Si.2C2H3N/c1-5-8(4,6-2)7-3;2*1-2-3/h4H,1-3H3;2*1H3. The quantitative estimate of drug-likeness (QED) is 0.692. The number of nitriles is 2. The highest BCUT2D eigenvalue weighted by molar-refractivity contribution is 6.51. The van der Waals surface area contributed by atoms with Gasteiger partial charge in [0.05, 0.1) is 12.1 Å². The van der Waals surface area contributed by atoms with Gasteiger partial charge in [-0.25, -0.2) is 0 Å². The molecule has 0 aliphatic carbocycles. The molecule has 0 spiro atoms. The Morgan fingerprint density at radius 1 is 0.929 bits per heavy atom. The average molecular weight is 220 g/mol. The van der Waals surface area contributed by atoms with Crippen molar-refractivity contribution in [2.24, 2.45) is 0 Å². The van der Waals surface area contributed by atoms with E-state index in [1.54, 1.807) is 12.1 Å². The highest BCUT2D eigenvalue weighted by Crippen LogP contribution is 1.97. The van der Waals surface area contributed by atoms with Crippen LogP contribution in [-0.2, 0) is 13.3 Å². The largest absolute Gasteiger partial charge is 0.676 e. The first-order valence-corrected chi connectivity index (χ1v) is 5.18. The Kier molecular flexibility index (Phi) is 19.5. The van der Waals surface area contributed by atoms with E-state index in [2.05, 4.69) is 13.3 Å². The lowest BCUT2D eigenvalue weighted by molar-refractivity contribution is 0.0418. The molecule has 0 heterocycles. The van der Waals surface area contributed by atoms with Crippen molar-refractivity contribution in [3.63, 3.8) is 0 Å². The van der Waals surface area contributed by atoms with Crippen LogP contribution in [0, 0.1) is 22.7 Å². The zero-order chi connectivity index (χ0) is 12.0. The van der Waals surface area contributed by atoms with Crippen LogP contribution in [0.4, 0.5) is 0 Å². The molecule has 0 bridgehead atoms. The molecule has 7 heteroatoms. The maximum absolute atomic E-state index is 8.91. The molecular weight excluding hydrogens is 204 g/mol. The molecule has 14 heavy (non-hydrogen) atoms. The molecule has 0 atom stereocenters. The third-order valence-corrected chi connectivity index (χ3v) is 2.32. The molecule has 0 rings (SSSR count). The van der Waals surface area contributed by atoms with Crippen molar-refractivity contribution < 1.29 is 18.1 Å². The van der Waals surface area contributed by atoms with Gasteiger partial charge in [-0.2, -0.15) is 10.5 Å². The van der Waals surface area contributed by atoms with E-state index in [1.165, 1.54) is 35.2 Å². The Hall–Kier alpha value is -0.963. The predicted octanol–water partition coefficient (Wildman–Crippen LogP) is 0.413. The fourth-order valence-corrected chi connectivity index (χ4v) is 0.750. The molecule has 0 aromatic rings. The van der Waals surface area contributed by atoms with Crippen molar-refractivity contribution >= 4 is 9.05 Å². The van der Waals surface area contributed by atoms with Crippen molar-refractivity contribution in [2.75, 3.05) is 21.3 Å². The van der Waals surface area contributed by atoms with Crippen LogP contribution in [0.1, 0.15) is 13.8 Å². The second-order valence-corrected chi connectivity index (χ2v) is 3.86. The van der Waals surface area contributed by atoms with Gasteiger partial charge in [-0.1, -0.05) is 0 Å². The number of nitrogens with zero attached hydrogens (tertiary/aromatic N) is 2. The molecule has 0 aliphatic heterocycles. The Morgan fingerprint density at radius 2 is 1.07 bits per heavy atom. The second kappa shape index (κ2) is 14.6. The molecule has 1 N–H and O–H groups in total. The molecule has 0 saturated carbocycles. The topological polar surface area (TPSA) is 95.5 Å². The summed E-state index contributed by atoms with van der Waals surface area (Å²) in [6, 6.07) is 3.50. The van der Waals surface area contributed by atoms with Crippen LogP contribution in [0.2, 0.25) is 0 Å². The van der Waals surface area contributed by atoms with Gasteiger partial charge in [0, 0.05) is 35.2 Å². The molecule has 6 nitrogen and oxygen atoms in total. The first-order chi connectivity index (χ1) is 6.51. The van der Waals surface area contributed by atoms with E-state index in [-0.39, 0.29) is 0 Å². The first kappa shape index (κ1) is 18.8. The van der Waals surface area contributed by atoms with E-state index in [0.717, 1.165) is 0 Å². The number of rotatable bonds is 3. The normalized spacial score (nSPS) is 8.00. The van der Waals surface area contributed by atoms with Crippen LogP contribution in [0.25, 0.3) is 0 Å². The summed E-state index contributed by atoms with van der Waals surface area (Å²) < 4.78 is 13.5. The number of hydrogen-bond donors (Lipinski definition) is 1. The van der Waals surface area contributed by atoms with E-state index in [9.17, 15) is 0 Å². The molecule has 0 fully saturated rings. The van der Waals surface area contributed by atoms with E-state index in [1.807, 2.05) is 0 Å². The molecular formula is C7H16N2O4Si. The van der Waals surface area contributed by atoms with Crippen molar-refractivity contribution in [1.82, 2.24) is 0 Å². The summed E-state index contributed by atoms with van der Waals surface area (Å²) in [7, 11) is 0.826. The summed E-state index contributed by atoms with van der Waals surface area (Å²) in [6.45, 7) is 2.86. The lowest BCUT2D eigenvalue weighted by atomic mass is 11.0. The van der Waals surface area contributed by atoms with Gasteiger partial charge < -0.3 is 18.1 Å². The summed E-state index contributed by atoms with van der Waals surface area (Å²) in [5.74, 6) is 0. The smallest absolute Gasteiger partial charge is 0.367 e. The van der Waals surface area contributed by atoms with Gasteiger partial charge in [-0.15, -0.1) is 0 Å². The lowest BCUT2D eigenvalue weighted by Crippen LogP contribution is -2.42. The molecule has 0 aromatic carbocycles. The minimum atomic E-state index is -3.17. The van der Waals surface area contributed by atoms with Crippen LogP contribution in [0.5, 0.6) is 0 Å². The molecule has 0 aromatic heterocycles. The third-order valence-electron chi connectivity index (χ3n) is 0.774. The highest BCUT2D eigenvalue weighted by Gasteiger charge is 2.36. The van der Waals surface area contributed by atoms with Gasteiger partial charge >= 0.3 is 9.05 Å². The summed E-state index contributed by atoms with van der Waals surface area (Å²) >= 11 is 0. The van der Waals surface area contributed by atoms with Gasteiger partial charge in [-0.3, -0.25) is 0 Å². The van der Waals surface area contributed by atoms with Gasteiger partial charge in [0.25, 0.3) is 0 Å². The molecule has 0 saturated heterocycles. The van der Waals surface area contributed by atoms with Gasteiger partial charge in [0.1, 0.15) is 0 Å². The molecule has 0 unspecified atom stereocenters. The lowest BCUT2D eigenvalue weighted by Gasteiger charge is -2.14. The van der Waals surface area contributed by atoms with Gasteiger partial charge in [0.15, 0.2) is 0 Å². The minimum Gasteiger partial charge on any atom is -0.367 e. The highest BCUT2D eigenvalue weighted by atomic mass is 28.4. The van der Waals surface area contributed by atoms with Crippen LogP contribution < -0.4 is 0 Å². The molecule has 0 amide bonds. The average Bonchev–Trinajstić information content (AvgIpc) is 2.19. The Morgan fingerprint density at radius 3 is 1.07 bits per heavy atom. The summed E-state index contributed by atoms with van der Waals surface area (Å²) in [5.41, 5.74) is 0. The van der Waals surface area contributed by atoms with Crippen LogP contribution in [-0.4, -0.2) is 35.2 Å². The maximum Gasteiger partial charge on any atom is 0.676 e. The van der Waals surface area contributed by atoms with Crippen LogP contribution in [0.3, 0.4) is 0 Å². The van der Waals surface area contributed by atoms with Crippen molar-refractivity contribution in [3.8, 4) is 12.1 Å². The monoisotopic (exact) mass is 220 g/mol. The Balaban J connectivity index is -0.000000168. The van der Waals surface area contributed by atoms with E-state index < -0.39 is 9.05 Å². The van der Waals surface area contributed by atoms with E-state index in [0.29, 0.717) is 0 Å². The van der Waals surface area contributed by atoms with Crippen molar-refractivity contribution in [1.29, 1.82) is 10.5 Å². The maximum atomic E-state index is 8.91. The zero-order valence-corrected chi connectivity index (χ0v) is 10.1. The van der Waals surface area contributed by atoms with Crippen LogP contribution >= 0.6 is 0 Å². The van der Waals surface area contributed by atoms with Gasteiger partial charge in [-0.05, 0) is 0 Å². The molecule has 0 radical (unpaired) electrons. The van der Waals surface area contributed by atoms with Crippen molar-refractivity contribution in [3.05, 3.63) is 0 Å². The molecule has 82 valence electrons. The minimum absolute atomic E-state index is 1.33. The van der Waals surface area contributed by atoms with Crippen molar-refractivity contribution in [2.45, 2.75) is 13.8 Å². The molecule has 0 aliphatic rings. The first-order valence-electron chi connectivity index (χ1n) is 3.51. The third kappa shape index (κ3) is 17.2. The zero-order valence-electron chi connectivity index (χ0n) is 9.07. The number of hydrogen-bond acceptors (Lipinski definition) is 6.